The molecule has 1 amide bonds. The van der Waals surface area contributed by atoms with Crippen molar-refractivity contribution in [1.29, 1.82) is 0 Å². The van der Waals surface area contributed by atoms with Crippen molar-refractivity contribution in [2.45, 2.75) is 38.7 Å². The van der Waals surface area contributed by atoms with Crippen LogP contribution in [0.25, 0.3) is 0 Å². The first kappa shape index (κ1) is 16.0. The fourth-order valence-electron chi connectivity index (χ4n) is 3.33. The molecular formula is C17H26N2O2S. The van der Waals surface area contributed by atoms with Crippen LogP contribution in [0.4, 0.5) is 0 Å². The Morgan fingerprint density at radius 3 is 2.77 bits per heavy atom. The zero-order valence-electron chi connectivity index (χ0n) is 13.4. The molecule has 0 N–H and O–H groups in total. The molecule has 0 spiro atoms. The Morgan fingerprint density at radius 1 is 1.23 bits per heavy atom. The predicted molar refractivity (Wildman–Crippen MR) is 89.6 cm³/mol. The molecule has 0 saturated carbocycles. The third-order valence-corrected chi connectivity index (χ3v) is 5.49. The van der Waals surface area contributed by atoms with Gasteiger partial charge >= 0.3 is 0 Å². The second-order valence-corrected chi connectivity index (χ2v) is 7.66. The number of carbonyl (C=O) groups is 1. The summed E-state index contributed by atoms with van der Waals surface area (Å²) in [6.07, 6.45) is 5.04. The van der Waals surface area contributed by atoms with E-state index in [4.69, 9.17) is 4.74 Å². The molecule has 1 aromatic rings. The summed E-state index contributed by atoms with van der Waals surface area (Å²) in [5.74, 6) is 0.173. The van der Waals surface area contributed by atoms with Crippen molar-refractivity contribution in [2.24, 2.45) is 0 Å². The van der Waals surface area contributed by atoms with E-state index >= 15 is 0 Å². The zero-order valence-corrected chi connectivity index (χ0v) is 14.2. The highest BCUT2D eigenvalue weighted by Crippen LogP contribution is 2.19. The highest BCUT2D eigenvalue weighted by molar-refractivity contribution is 7.13. The first-order valence-corrected chi connectivity index (χ1v) is 9.24. The van der Waals surface area contributed by atoms with E-state index in [1.54, 1.807) is 11.3 Å². The third-order valence-electron chi connectivity index (χ3n) is 4.50. The molecule has 0 radical (unpaired) electrons. The third kappa shape index (κ3) is 4.09. The van der Waals surface area contributed by atoms with E-state index in [1.807, 2.05) is 24.0 Å². The van der Waals surface area contributed by atoms with Crippen LogP contribution in [-0.2, 0) is 4.74 Å². The van der Waals surface area contributed by atoms with E-state index in [0.29, 0.717) is 0 Å². The molecule has 0 bridgehead atoms. The fraction of sp³-hybridized carbons (Fsp3) is 0.706. The summed E-state index contributed by atoms with van der Waals surface area (Å²) in [5, 5.41) is 0. The minimum atomic E-state index is 0.158. The second-order valence-electron chi connectivity index (χ2n) is 6.37. The van der Waals surface area contributed by atoms with Crippen LogP contribution >= 0.6 is 11.3 Å². The lowest BCUT2D eigenvalue weighted by atomic mass is 10.1. The highest BCUT2D eigenvalue weighted by Gasteiger charge is 2.26. The van der Waals surface area contributed by atoms with Crippen molar-refractivity contribution < 1.29 is 9.53 Å². The molecule has 0 unspecified atom stereocenters. The molecule has 1 aromatic heterocycles. The molecule has 122 valence electrons. The van der Waals surface area contributed by atoms with Gasteiger partial charge in [0.05, 0.1) is 11.0 Å². The molecule has 2 saturated heterocycles. The number of rotatable bonds is 3. The lowest BCUT2D eigenvalue weighted by Crippen LogP contribution is -2.43. The van der Waals surface area contributed by atoms with Gasteiger partial charge in [0, 0.05) is 31.1 Å². The topological polar surface area (TPSA) is 32.8 Å². The van der Waals surface area contributed by atoms with Gasteiger partial charge in [-0.2, -0.15) is 0 Å². The van der Waals surface area contributed by atoms with Crippen molar-refractivity contribution in [3.63, 3.8) is 0 Å². The maximum absolute atomic E-state index is 12.7. The average Bonchev–Trinajstić information content (AvgIpc) is 2.83. The van der Waals surface area contributed by atoms with Gasteiger partial charge in [0.2, 0.25) is 0 Å². The van der Waals surface area contributed by atoms with Crippen LogP contribution < -0.4 is 0 Å². The Bertz CT molecular complexity index is 497. The number of likely N-dealkylation sites (tertiary alicyclic amines) is 1. The largest absolute Gasteiger partial charge is 0.375 e. The summed E-state index contributed by atoms with van der Waals surface area (Å²) in [6, 6.07) is 3.98. The van der Waals surface area contributed by atoms with Crippen molar-refractivity contribution >= 4 is 17.2 Å². The summed E-state index contributed by atoms with van der Waals surface area (Å²) in [4.78, 5) is 19.2. The lowest BCUT2D eigenvalue weighted by Gasteiger charge is -2.31. The molecule has 2 aliphatic rings. The molecule has 4 nitrogen and oxygen atoms in total. The van der Waals surface area contributed by atoms with Gasteiger partial charge in [-0.25, -0.2) is 0 Å². The van der Waals surface area contributed by atoms with Crippen LogP contribution in [0.15, 0.2) is 12.1 Å². The molecule has 3 heterocycles. The van der Waals surface area contributed by atoms with E-state index in [-0.39, 0.29) is 12.0 Å². The van der Waals surface area contributed by atoms with Crippen molar-refractivity contribution in [3.05, 3.63) is 21.9 Å². The minimum absolute atomic E-state index is 0.158. The SMILES string of the molecule is Cc1ccc(C(=O)N2CCCO[C@H](CN3CCCCC3)C2)s1. The molecule has 3 rings (SSSR count). The number of carbonyl (C=O) groups excluding carboxylic acids is 1. The van der Waals surface area contributed by atoms with Crippen molar-refractivity contribution in [3.8, 4) is 0 Å². The average molecular weight is 322 g/mol. The molecule has 0 aliphatic carbocycles. The summed E-state index contributed by atoms with van der Waals surface area (Å²) in [6.45, 7) is 7.68. The Labute approximate surface area is 137 Å². The standard InChI is InChI=1S/C17H26N2O2S/c1-14-6-7-16(22-14)17(20)19-10-5-11-21-15(13-19)12-18-8-3-2-4-9-18/h6-7,15H,2-5,8-13H2,1H3/t15-/m1/s1. The predicted octanol–water partition coefficient (Wildman–Crippen LogP) is 2.77. The van der Waals surface area contributed by atoms with Crippen LogP contribution in [0, 0.1) is 6.92 Å². The Balaban J connectivity index is 1.60. The summed E-state index contributed by atoms with van der Waals surface area (Å²) in [7, 11) is 0. The minimum Gasteiger partial charge on any atom is -0.375 e. The Morgan fingerprint density at radius 2 is 2.05 bits per heavy atom. The van der Waals surface area contributed by atoms with Gasteiger partial charge in [-0.15, -0.1) is 11.3 Å². The smallest absolute Gasteiger partial charge is 0.264 e. The van der Waals surface area contributed by atoms with Gasteiger partial charge in [0.1, 0.15) is 0 Å². The zero-order chi connectivity index (χ0) is 15.4. The number of aryl methyl sites for hydroxylation is 1. The summed E-state index contributed by atoms with van der Waals surface area (Å²) < 4.78 is 6.00. The van der Waals surface area contributed by atoms with Crippen LogP contribution in [0.2, 0.25) is 0 Å². The summed E-state index contributed by atoms with van der Waals surface area (Å²) in [5.41, 5.74) is 0. The number of hydrogen-bond donors (Lipinski definition) is 0. The van der Waals surface area contributed by atoms with Crippen molar-refractivity contribution in [2.75, 3.05) is 39.3 Å². The van der Waals surface area contributed by atoms with Gasteiger partial charge < -0.3 is 14.5 Å². The number of nitrogens with zero attached hydrogens (tertiary/aromatic N) is 2. The highest BCUT2D eigenvalue weighted by atomic mass is 32.1. The number of piperidine rings is 1. The quantitative estimate of drug-likeness (QED) is 0.858. The fourth-order valence-corrected chi connectivity index (χ4v) is 4.16. The number of thiophene rings is 1. The molecule has 0 aromatic carbocycles. The first-order valence-electron chi connectivity index (χ1n) is 8.42. The van der Waals surface area contributed by atoms with Gasteiger partial charge in [-0.1, -0.05) is 6.42 Å². The van der Waals surface area contributed by atoms with E-state index in [1.165, 1.54) is 37.2 Å². The van der Waals surface area contributed by atoms with Crippen LogP contribution in [-0.4, -0.2) is 61.1 Å². The Hall–Kier alpha value is -0.910. The molecule has 1 atom stereocenters. The molecule has 22 heavy (non-hydrogen) atoms. The number of amides is 1. The second kappa shape index (κ2) is 7.57. The van der Waals surface area contributed by atoms with Gasteiger partial charge in [-0.05, 0) is 51.4 Å². The first-order chi connectivity index (χ1) is 10.7. The van der Waals surface area contributed by atoms with Gasteiger partial charge in [0.25, 0.3) is 5.91 Å². The molecular weight excluding hydrogens is 296 g/mol. The van der Waals surface area contributed by atoms with E-state index < -0.39 is 0 Å². The monoisotopic (exact) mass is 322 g/mol. The number of hydrogen-bond acceptors (Lipinski definition) is 4. The van der Waals surface area contributed by atoms with Crippen LogP contribution in [0.3, 0.4) is 0 Å². The normalized spacial score (nSPS) is 24.2. The Kier molecular flexibility index (Phi) is 5.50. The maximum atomic E-state index is 12.7. The summed E-state index contributed by atoms with van der Waals surface area (Å²) >= 11 is 1.59. The van der Waals surface area contributed by atoms with Crippen molar-refractivity contribution in [1.82, 2.24) is 9.80 Å². The van der Waals surface area contributed by atoms with Gasteiger partial charge in [-0.3, -0.25) is 4.79 Å². The lowest BCUT2D eigenvalue weighted by molar-refractivity contribution is 0.0217. The van der Waals surface area contributed by atoms with Crippen LogP contribution in [0.5, 0.6) is 0 Å². The van der Waals surface area contributed by atoms with E-state index in [0.717, 1.165) is 37.5 Å². The van der Waals surface area contributed by atoms with Gasteiger partial charge in [0.15, 0.2) is 0 Å². The van der Waals surface area contributed by atoms with E-state index in [9.17, 15) is 4.79 Å². The molecule has 2 fully saturated rings. The molecule has 5 heteroatoms. The maximum Gasteiger partial charge on any atom is 0.264 e. The molecule has 2 aliphatic heterocycles. The van der Waals surface area contributed by atoms with E-state index in [2.05, 4.69) is 4.90 Å². The number of ether oxygens (including phenoxy) is 1. The van der Waals surface area contributed by atoms with Crippen LogP contribution in [0.1, 0.15) is 40.2 Å².